The van der Waals surface area contributed by atoms with Crippen LogP contribution in [-0.4, -0.2) is 16.1 Å². The van der Waals surface area contributed by atoms with Gasteiger partial charge in [-0.25, -0.2) is 4.98 Å². The summed E-state index contributed by atoms with van der Waals surface area (Å²) in [5, 5.41) is 9.69. The maximum Gasteiger partial charge on any atom is 0.307 e. The predicted molar refractivity (Wildman–Crippen MR) is 81.7 cm³/mol. The Hall–Kier alpha value is -2.40. The first-order valence-electron chi connectivity index (χ1n) is 6.49. The van der Waals surface area contributed by atoms with Gasteiger partial charge in [-0.3, -0.25) is 4.79 Å². The van der Waals surface area contributed by atoms with E-state index in [0.29, 0.717) is 6.61 Å². The summed E-state index contributed by atoms with van der Waals surface area (Å²) in [6, 6.07) is 15.2. The fourth-order valence-electron chi connectivity index (χ4n) is 2.03. The minimum Gasteiger partial charge on any atom is -0.486 e. The summed E-state index contributed by atoms with van der Waals surface area (Å²) >= 11 is 1.56. The molecule has 4 nitrogen and oxygen atoms in total. The minimum absolute atomic E-state index is 0.0172. The molecule has 0 saturated carbocycles. The van der Waals surface area contributed by atoms with E-state index in [1.54, 1.807) is 11.3 Å². The fraction of sp³-hybridized carbons (Fsp3) is 0.125. The van der Waals surface area contributed by atoms with Crippen molar-refractivity contribution in [3.8, 4) is 5.75 Å². The molecule has 0 aliphatic carbocycles. The van der Waals surface area contributed by atoms with E-state index in [2.05, 4.69) is 4.98 Å². The molecule has 0 aliphatic heterocycles. The number of nitrogens with zero attached hydrogens (tertiary/aromatic N) is 1. The Kier molecular flexibility index (Phi) is 3.83. The highest BCUT2D eigenvalue weighted by atomic mass is 32.1. The van der Waals surface area contributed by atoms with E-state index in [-0.39, 0.29) is 6.42 Å². The lowest BCUT2D eigenvalue weighted by molar-refractivity contribution is -0.136. The SMILES string of the molecule is O=C(O)Cc1ccc2sc(COc3ccccc3)nc2c1. The number of carboxylic acids is 1. The van der Waals surface area contributed by atoms with Crippen LogP contribution in [0.25, 0.3) is 10.2 Å². The highest BCUT2D eigenvalue weighted by Gasteiger charge is 2.07. The van der Waals surface area contributed by atoms with E-state index in [0.717, 1.165) is 26.5 Å². The van der Waals surface area contributed by atoms with E-state index < -0.39 is 5.97 Å². The maximum absolute atomic E-state index is 10.7. The van der Waals surface area contributed by atoms with Crippen molar-refractivity contribution in [2.24, 2.45) is 0 Å². The Morgan fingerprint density at radius 1 is 1.19 bits per heavy atom. The second kappa shape index (κ2) is 5.93. The highest BCUT2D eigenvalue weighted by molar-refractivity contribution is 7.18. The first kappa shape index (κ1) is 13.6. The normalized spacial score (nSPS) is 10.7. The molecule has 3 rings (SSSR count). The van der Waals surface area contributed by atoms with E-state index in [9.17, 15) is 4.79 Å². The van der Waals surface area contributed by atoms with Gasteiger partial charge < -0.3 is 9.84 Å². The van der Waals surface area contributed by atoms with Gasteiger partial charge in [-0.1, -0.05) is 24.3 Å². The van der Waals surface area contributed by atoms with Crippen LogP contribution in [0.4, 0.5) is 0 Å². The number of para-hydroxylation sites is 1. The van der Waals surface area contributed by atoms with Crippen molar-refractivity contribution in [3.63, 3.8) is 0 Å². The number of hydrogen-bond donors (Lipinski definition) is 1. The lowest BCUT2D eigenvalue weighted by Crippen LogP contribution is -1.99. The number of hydrogen-bond acceptors (Lipinski definition) is 4. The summed E-state index contributed by atoms with van der Waals surface area (Å²) in [7, 11) is 0. The van der Waals surface area contributed by atoms with E-state index in [1.807, 2.05) is 48.5 Å². The van der Waals surface area contributed by atoms with E-state index in [1.165, 1.54) is 0 Å². The van der Waals surface area contributed by atoms with Gasteiger partial charge in [-0.05, 0) is 29.8 Å². The second-order valence-corrected chi connectivity index (χ2v) is 5.70. The fourth-order valence-corrected chi connectivity index (χ4v) is 2.89. The number of aliphatic carboxylic acids is 1. The number of ether oxygens (including phenoxy) is 1. The number of fused-ring (bicyclic) bond motifs is 1. The van der Waals surface area contributed by atoms with Crippen molar-refractivity contribution in [2.45, 2.75) is 13.0 Å². The van der Waals surface area contributed by atoms with Gasteiger partial charge in [-0.2, -0.15) is 0 Å². The van der Waals surface area contributed by atoms with Crippen LogP contribution in [0.5, 0.6) is 5.75 Å². The molecule has 0 spiro atoms. The molecule has 0 amide bonds. The van der Waals surface area contributed by atoms with Crippen LogP contribution in [-0.2, 0) is 17.8 Å². The van der Waals surface area contributed by atoms with Crippen LogP contribution in [0.1, 0.15) is 10.6 Å². The number of thiazole rings is 1. The zero-order valence-electron chi connectivity index (χ0n) is 11.2. The molecule has 0 saturated heterocycles. The van der Waals surface area contributed by atoms with E-state index in [4.69, 9.17) is 9.84 Å². The topological polar surface area (TPSA) is 59.4 Å². The third kappa shape index (κ3) is 3.38. The lowest BCUT2D eigenvalue weighted by Gasteiger charge is -2.02. The van der Waals surface area contributed by atoms with Crippen molar-refractivity contribution in [1.29, 1.82) is 0 Å². The van der Waals surface area contributed by atoms with Gasteiger partial charge in [-0.15, -0.1) is 11.3 Å². The van der Waals surface area contributed by atoms with Crippen LogP contribution in [0.15, 0.2) is 48.5 Å². The molecule has 106 valence electrons. The molecular weight excluding hydrogens is 286 g/mol. The molecule has 3 aromatic rings. The van der Waals surface area contributed by atoms with Crippen molar-refractivity contribution in [2.75, 3.05) is 0 Å². The summed E-state index contributed by atoms with van der Waals surface area (Å²) < 4.78 is 6.71. The first-order chi connectivity index (χ1) is 10.2. The largest absolute Gasteiger partial charge is 0.486 e. The number of carbonyl (C=O) groups is 1. The molecule has 0 aliphatic rings. The molecule has 5 heteroatoms. The Morgan fingerprint density at radius 2 is 2.00 bits per heavy atom. The van der Waals surface area contributed by atoms with Crippen LogP contribution in [0.2, 0.25) is 0 Å². The Morgan fingerprint density at radius 3 is 2.76 bits per heavy atom. The molecule has 0 fully saturated rings. The van der Waals surface area contributed by atoms with Gasteiger partial charge in [0.1, 0.15) is 17.4 Å². The molecule has 21 heavy (non-hydrogen) atoms. The summed E-state index contributed by atoms with van der Waals surface area (Å²) in [5.74, 6) is -0.0273. The molecule has 0 radical (unpaired) electrons. The summed E-state index contributed by atoms with van der Waals surface area (Å²) in [6.07, 6.45) is 0.0172. The van der Waals surface area contributed by atoms with Gasteiger partial charge >= 0.3 is 5.97 Å². The molecule has 0 atom stereocenters. The first-order valence-corrected chi connectivity index (χ1v) is 7.30. The quantitative estimate of drug-likeness (QED) is 0.783. The molecule has 1 aromatic heterocycles. The van der Waals surface area contributed by atoms with E-state index >= 15 is 0 Å². The number of carboxylic acid groups (broad SMARTS) is 1. The van der Waals surface area contributed by atoms with Crippen molar-refractivity contribution in [1.82, 2.24) is 4.98 Å². The van der Waals surface area contributed by atoms with Gasteiger partial charge in [0.25, 0.3) is 0 Å². The average molecular weight is 299 g/mol. The Labute approximate surface area is 125 Å². The standard InChI is InChI=1S/C16H13NO3S/c18-16(19)9-11-6-7-14-13(8-11)17-15(21-14)10-20-12-4-2-1-3-5-12/h1-8H,9-10H2,(H,18,19). The zero-order chi connectivity index (χ0) is 14.7. The van der Waals surface area contributed by atoms with Gasteiger partial charge in [0.2, 0.25) is 0 Å². The summed E-state index contributed by atoms with van der Waals surface area (Å²) in [4.78, 5) is 15.2. The average Bonchev–Trinajstić information content (AvgIpc) is 2.88. The van der Waals surface area contributed by atoms with Crippen molar-refractivity contribution >= 4 is 27.5 Å². The van der Waals surface area contributed by atoms with Gasteiger partial charge in [0.05, 0.1) is 16.6 Å². The zero-order valence-corrected chi connectivity index (χ0v) is 12.0. The molecular formula is C16H13NO3S. The second-order valence-electron chi connectivity index (χ2n) is 4.58. The van der Waals surface area contributed by atoms with Gasteiger partial charge in [0.15, 0.2) is 0 Å². The molecule has 2 aromatic carbocycles. The van der Waals surface area contributed by atoms with Crippen molar-refractivity contribution in [3.05, 3.63) is 59.1 Å². The minimum atomic E-state index is -0.836. The van der Waals surface area contributed by atoms with Crippen LogP contribution in [0, 0.1) is 0 Å². The van der Waals surface area contributed by atoms with Crippen LogP contribution < -0.4 is 4.74 Å². The Bertz CT molecular complexity index is 768. The third-order valence-electron chi connectivity index (χ3n) is 2.96. The smallest absolute Gasteiger partial charge is 0.307 e. The van der Waals surface area contributed by atoms with Crippen LogP contribution in [0.3, 0.4) is 0 Å². The third-order valence-corrected chi connectivity index (χ3v) is 3.97. The monoisotopic (exact) mass is 299 g/mol. The molecule has 0 unspecified atom stereocenters. The summed E-state index contributed by atoms with van der Waals surface area (Å²) in [5.41, 5.74) is 1.58. The summed E-state index contributed by atoms with van der Waals surface area (Å²) in [6.45, 7) is 0.414. The number of rotatable bonds is 5. The molecule has 1 N–H and O–H groups in total. The highest BCUT2D eigenvalue weighted by Crippen LogP contribution is 2.24. The van der Waals surface area contributed by atoms with Crippen molar-refractivity contribution < 1.29 is 14.6 Å². The number of benzene rings is 2. The molecule has 0 bridgehead atoms. The molecule has 1 heterocycles. The number of aromatic nitrogens is 1. The van der Waals surface area contributed by atoms with Gasteiger partial charge in [0, 0.05) is 0 Å². The van der Waals surface area contributed by atoms with Crippen LogP contribution >= 0.6 is 11.3 Å². The lowest BCUT2D eigenvalue weighted by atomic mass is 10.1. The predicted octanol–water partition coefficient (Wildman–Crippen LogP) is 3.50. The maximum atomic E-state index is 10.7. The Balaban J connectivity index is 1.76.